The van der Waals surface area contributed by atoms with Crippen molar-refractivity contribution in [1.82, 2.24) is 14.8 Å². The van der Waals surface area contributed by atoms with Gasteiger partial charge in [0.15, 0.2) is 6.61 Å². The van der Waals surface area contributed by atoms with E-state index in [1.54, 1.807) is 30.3 Å². The monoisotopic (exact) mass is 472 g/mol. The fraction of sp³-hybridized carbons (Fsp3) is 0.190. The molecule has 1 unspecified atom stereocenters. The summed E-state index contributed by atoms with van der Waals surface area (Å²) in [7, 11) is -4.18. The minimum Gasteiger partial charge on any atom is -0.460 e. The molecule has 2 aliphatic heterocycles. The van der Waals surface area contributed by atoms with E-state index in [1.165, 1.54) is 30.3 Å². The number of amides is 4. The highest BCUT2D eigenvalue weighted by Crippen LogP contribution is 2.42. The second kappa shape index (κ2) is 8.92. The summed E-state index contributed by atoms with van der Waals surface area (Å²) in [4.78, 5) is 43.2. The fourth-order valence-electron chi connectivity index (χ4n) is 3.54. The topological polar surface area (TPSA) is 126 Å². The number of ether oxygens (including phenoxy) is 1. The molecule has 1 atom stereocenters. The number of anilines is 1. The molecule has 2 aromatic rings. The molecule has 12 heteroatoms. The Kier molecular flexibility index (Phi) is 6.03. The maximum Gasteiger partial charge on any atom is 0.363 e. The van der Waals surface area contributed by atoms with Crippen LogP contribution in [-0.2, 0) is 24.4 Å². The van der Waals surface area contributed by atoms with Gasteiger partial charge in [-0.3, -0.25) is 4.84 Å². The van der Waals surface area contributed by atoms with Crippen LogP contribution in [0.1, 0.15) is 11.6 Å². The zero-order chi connectivity index (χ0) is 23.6. The number of hydrogen-bond acceptors (Lipinski definition) is 7. The lowest BCUT2D eigenvalue weighted by Crippen LogP contribution is -2.54. The number of urea groups is 2. The molecular formula is C21H20N4O7S. The Morgan fingerprint density at radius 3 is 2.55 bits per heavy atom. The summed E-state index contributed by atoms with van der Waals surface area (Å²) in [6, 6.07) is 11.6. The highest BCUT2D eigenvalue weighted by atomic mass is 32.2. The second-order valence-corrected chi connectivity index (χ2v) is 8.73. The molecule has 2 bridgehead atoms. The van der Waals surface area contributed by atoms with Crippen molar-refractivity contribution >= 4 is 33.7 Å². The van der Waals surface area contributed by atoms with E-state index in [4.69, 9.17) is 9.57 Å². The summed E-state index contributed by atoms with van der Waals surface area (Å²) in [6.45, 7) is 2.93. The molecule has 0 radical (unpaired) electrons. The molecule has 11 nitrogen and oxygen atoms in total. The van der Waals surface area contributed by atoms with Crippen molar-refractivity contribution in [2.75, 3.05) is 24.8 Å². The van der Waals surface area contributed by atoms with Crippen molar-refractivity contribution in [1.29, 1.82) is 0 Å². The lowest BCUT2D eigenvalue weighted by Gasteiger charge is -2.34. The summed E-state index contributed by atoms with van der Waals surface area (Å²) in [6.07, 6.45) is 1.40. The summed E-state index contributed by atoms with van der Waals surface area (Å²) in [5.41, 5.74) is 0.856. The average molecular weight is 472 g/mol. The Balaban J connectivity index is 1.59. The predicted molar refractivity (Wildman–Crippen MR) is 115 cm³/mol. The van der Waals surface area contributed by atoms with Gasteiger partial charge in [0.05, 0.1) is 17.1 Å². The summed E-state index contributed by atoms with van der Waals surface area (Å²) >= 11 is 0. The molecule has 2 aliphatic rings. The molecule has 1 N–H and O–H groups in total. The van der Waals surface area contributed by atoms with E-state index in [0.29, 0.717) is 11.3 Å². The van der Waals surface area contributed by atoms with Crippen LogP contribution in [0.2, 0.25) is 0 Å². The molecule has 4 rings (SSSR count). The van der Waals surface area contributed by atoms with Crippen molar-refractivity contribution in [3.63, 3.8) is 0 Å². The first-order valence-electron chi connectivity index (χ1n) is 9.84. The number of hydrogen-bond donors (Lipinski definition) is 1. The van der Waals surface area contributed by atoms with Gasteiger partial charge in [-0.25, -0.2) is 32.5 Å². The number of nitrogens with zero attached hydrogens (tertiary/aromatic N) is 3. The van der Waals surface area contributed by atoms with E-state index in [2.05, 4.69) is 6.58 Å². The van der Waals surface area contributed by atoms with E-state index in [-0.39, 0.29) is 18.0 Å². The zero-order valence-electron chi connectivity index (χ0n) is 17.3. The Morgan fingerprint density at radius 1 is 1.12 bits per heavy atom. The van der Waals surface area contributed by atoms with Crippen LogP contribution in [0.3, 0.4) is 0 Å². The highest BCUT2D eigenvalue weighted by molar-refractivity contribution is 7.90. The molecule has 33 heavy (non-hydrogen) atoms. The number of esters is 1. The normalized spacial score (nSPS) is 16.9. The Bertz CT molecular complexity index is 1200. The van der Waals surface area contributed by atoms with Gasteiger partial charge in [0.1, 0.15) is 12.6 Å². The van der Waals surface area contributed by atoms with Crippen LogP contribution >= 0.6 is 0 Å². The number of sulfonamides is 1. The molecule has 0 aliphatic carbocycles. The molecular weight excluding hydrogens is 452 g/mol. The number of nitrogens with one attached hydrogen (secondary N) is 1. The smallest absolute Gasteiger partial charge is 0.363 e. The van der Waals surface area contributed by atoms with E-state index in [0.717, 1.165) is 15.1 Å². The van der Waals surface area contributed by atoms with Crippen LogP contribution < -0.4 is 9.73 Å². The maximum absolute atomic E-state index is 13.1. The van der Waals surface area contributed by atoms with Crippen molar-refractivity contribution in [2.45, 2.75) is 10.9 Å². The zero-order valence-corrected chi connectivity index (χ0v) is 18.1. The van der Waals surface area contributed by atoms with Gasteiger partial charge in [0.25, 0.3) is 10.0 Å². The molecule has 0 spiro atoms. The highest BCUT2D eigenvalue weighted by Gasteiger charge is 2.50. The van der Waals surface area contributed by atoms with Crippen LogP contribution in [0.25, 0.3) is 0 Å². The van der Waals surface area contributed by atoms with Crippen molar-refractivity contribution in [2.24, 2.45) is 0 Å². The molecule has 2 aromatic carbocycles. The van der Waals surface area contributed by atoms with Gasteiger partial charge in [-0.05, 0) is 18.2 Å². The minimum atomic E-state index is -4.18. The third-order valence-corrected chi connectivity index (χ3v) is 6.29. The summed E-state index contributed by atoms with van der Waals surface area (Å²) in [5.74, 6) is -0.698. The van der Waals surface area contributed by atoms with Crippen molar-refractivity contribution in [3.05, 3.63) is 72.8 Å². The Labute approximate surface area is 189 Å². The number of carbonyl (C=O) groups excluding carboxylic acids is 3. The molecule has 4 amide bonds. The van der Waals surface area contributed by atoms with Gasteiger partial charge >= 0.3 is 18.0 Å². The Morgan fingerprint density at radius 2 is 1.82 bits per heavy atom. The van der Waals surface area contributed by atoms with Crippen LogP contribution in [0.5, 0.6) is 0 Å². The van der Waals surface area contributed by atoms with Gasteiger partial charge in [0, 0.05) is 5.56 Å². The largest absolute Gasteiger partial charge is 0.460 e. The lowest BCUT2D eigenvalue weighted by molar-refractivity contribution is -0.172. The summed E-state index contributed by atoms with van der Waals surface area (Å²) < 4.78 is 32.2. The first-order chi connectivity index (χ1) is 15.8. The summed E-state index contributed by atoms with van der Waals surface area (Å²) in [5, 5.41) is 2.99. The van der Waals surface area contributed by atoms with E-state index >= 15 is 0 Å². The third-order valence-electron chi connectivity index (χ3n) is 4.95. The Hall–Kier alpha value is -3.90. The van der Waals surface area contributed by atoms with Gasteiger partial charge in [0.2, 0.25) is 0 Å². The lowest BCUT2D eigenvalue weighted by atomic mass is 10.0. The molecule has 0 aromatic heterocycles. The SMILES string of the molecule is C=CCOC(=O)CON1C(=O)N2CC1c1ccccc1N2C(=O)NS(=O)(=O)c1ccccc1. The third kappa shape index (κ3) is 4.25. The van der Waals surface area contributed by atoms with Crippen LogP contribution in [0.15, 0.2) is 72.1 Å². The fourth-order valence-corrected chi connectivity index (χ4v) is 4.49. The first kappa shape index (κ1) is 22.3. The standard InChI is InChI=1S/C21H20N4O7S/c1-2-12-31-19(26)14-32-25-18-13-23(21(25)28)24(17-11-7-6-10-16(17)18)20(27)22-33(29,30)15-8-4-3-5-9-15/h2-11,18H,1,12-14H2,(H,22,27). The molecule has 0 saturated carbocycles. The number of hydroxylamine groups is 2. The number of carbonyl (C=O) groups is 3. The number of rotatable bonds is 7. The average Bonchev–Trinajstić information content (AvgIpc) is 3.08. The number of para-hydroxylation sites is 1. The minimum absolute atomic E-state index is 0.00162. The molecule has 1 fully saturated rings. The number of fused-ring (bicyclic) bond motifs is 4. The van der Waals surface area contributed by atoms with E-state index < -0.39 is 40.7 Å². The first-order valence-corrected chi connectivity index (χ1v) is 11.3. The quantitative estimate of drug-likeness (QED) is 0.482. The van der Waals surface area contributed by atoms with Gasteiger partial charge in [-0.2, -0.15) is 10.1 Å². The van der Waals surface area contributed by atoms with Gasteiger partial charge < -0.3 is 4.74 Å². The number of hydrazine groups is 1. The second-order valence-electron chi connectivity index (χ2n) is 7.05. The van der Waals surface area contributed by atoms with Crippen LogP contribution in [0, 0.1) is 0 Å². The van der Waals surface area contributed by atoms with Crippen LogP contribution in [-0.4, -0.2) is 56.3 Å². The van der Waals surface area contributed by atoms with Gasteiger partial charge in [-0.1, -0.05) is 49.1 Å². The molecule has 2 heterocycles. The van der Waals surface area contributed by atoms with Crippen molar-refractivity contribution in [3.8, 4) is 0 Å². The van der Waals surface area contributed by atoms with E-state index in [9.17, 15) is 22.8 Å². The predicted octanol–water partition coefficient (Wildman–Crippen LogP) is 1.96. The van der Waals surface area contributed by atoms with E-state index in [1.807, 2.05) is 4.72 Å². The van der Waals surface area contributed by atoms with Crippen molar-refractivity contribution < 1.29 is 32.4 Å². The van der Waals surface area contributed by atoms with Crippen LogP contribution in [0.4, 0.5) is 15.3 Å². The maximum atomic E-state index is 13.1. The number of benzene rings is 2. The molecule has 172 valence electrons. The molecule has 1 saturated heterocycles. The van der Waals surface area contributed by atoms with Gasteiger partial charge in [-0.15, -0.1) is 0 Å².